The molecule has 1 saturated carbocycles. The highest BCUT2D eigenvalue weighted by atomic mass is 32.1. The van der Waals surface area contributed by atoms with Gasteiger partial charge in [0.1, 0.15) is 0 Å². The smallest absolute Gasteiger partial charge is 0.162 e. The van der Waals surface area contributed by atoms with E-state index < -0.39 is 11.6 Å². The fourth-order valence-corrected chi connectivity index (χ4v) is 4.62. The van der Waals surface area contributed by atoms with E-state index in [2.05, 4.69) is 45.9 Å². The average molecular weight is 485 g/mol. The van der Waals surface area contributed by atoms with Gasteiger partial charge in [0.25, 0.3) is 0 Å². The monoisotopic (exact) mass is 484 g/mol. The SMILES string of the molecule is C#CCCc1c(C)c(Cc2cccc(F)c2F)cc(C(=C)C)c1C.CC1CCCCC1C.CS. The van der Waals surface area contributed by atoms with Gasteiger partial charge in [0.15, 0.2) is 11.6 Å². The Morgan fingerprint density at radius 3 is 2.15 bits per heavy atom. The Labute approximate surface area is 212 Å². The maximum atomic E-state index is 14.0. The number of halogens is 2. The summed E-state index contributed by atoms with van der Waals surface area (Å²) in [5.74, 6) is 3.09. The zero-order valence-corrected chi connectivity index (χ0v) is 22.8. The highest BCUT2D eigenvalue weighted by molar-refractivity contribution is 7.79. The summed E-state index contributed by atoms with van der Waals surface area (Å²) in [7, 11) is 0. The minimum Gasteiger partial charge on any atom is -0.204 e. The van der Waals surface area contributed by atoms with E-state index in [9.17, 15) is 8.78 Å². The lowest BCUT2D eigenvalue weighted by atomic mass is 9.82. The molecule has 0 saturated heterocycles. The standard InChI is InChI=1S/C22H22F2.C8H16.CH4S/c1-6-7-10-19-15(4)18(13-20(14(2)3)16(19)5)12-17-9-8-11-21(23)22(17)24;1-7-5-3-4-6-8(7)2;1-2/h1,8-9,11,13H,2,7,10,12H2,3-5H3;7-8H,3-6H2,1-2H3;2H,1H3. The Hall–Kier alpha value is -2.05. The lowest BCUT2D eigenvalue weighted by Crippen LogP contribution is -2.12. The van der Waals surface area contributed by atoms with E-state index in [1.54, 1.807) is 12.3 Å². The molecule has 2 aromatic carbocycles. The van der Waals surface area contributed by atoms with Crippen molar-refractivity contribution in [1.82, 2.24) is 0 Å². The molecule has 0 heterocycles. The second kappa shape index (κ2) is 15.0. The molecule has 0 aliphatic heterocycles. The Kier molecular flexibility index (Phi) is 13.3. The first-order chi connectivity index (χ1) is 16.2. The lowest BCUT2D eigenvalue weighted by Gasteiger charge is -2.24. The van der Waals surface area contributed by atoms with E-state index >= 15 is 0 Å². The van der Waals surface area contributed by atoms with Gasteiger partial charge in [-0.15, -0.1) is 12.3 Å². The molecule has 0 bridgehead atoms. The van der Waals surface area contributed by atoms with Gasteiger partial charge in [-0.25, -0.2) is 8.78 Å². The van der Waals surface area contributed by atoms with Crippen molar-refractivity contribution in [1.29, 1.82) is 0 Å². The quantitative estimate of drug-likeness (QED) is 0.317. The van der Waals surface area contributed by atoms with Crippen LogP contribution in [0, 0.1) is 49.7 Å². The summed E-state index contributed by atoms with van der Waals surface area (Å²) in [6.45, 7) is 14.8. The molecule has 0 amide bonds. The minimum absolute atomic E-state index is 0.346. The molecule has 1 aliphatic carbocycles. The number of hydrogen-bond donors (Lipinski definition) is 1. The Balaban J connectivity index is 0.000000483. The molecule has 186 valence electrons. The van der Waals surface area contributed by atoms with Crippen molar-refractivity contribution in [3.63, 3.8) is 0 Å². The zero-order chi connectivity index (χ0) is 25.8. The van der Waals surface area contributed by atoms with Crippen LogP contribution in [0.2, 0.25) is 0 Å². The summed E-state index contributed by atoms with van der Waals surface area (Å²) >= 11 is 3.53. The topological polar surface area (TPSA) is 0 Å². The summed E-state index contributed by atoms with van der Waals surface area (Å²) < 4.78 is 27.5. The lowest BCUT2D eigenvalue weighted by molar-refractivity contribution is 0.277. The molecule has 2 unspecified atom stereocenters. The molecule has 2 atom stereocenters. The van der Waals surface area contributed by atoms with Crippen LogP contribution in [-0.4, -0.2) is 6.26 Å². The number of terminal acetylenes is 1. The molecule has 3 heteroatoms. The molecule has 34 heavy (non-hydrogen) atoms. The highest BCUT2D eigenvalue weighted by Gasteiger charge is 2.16. The summed E-state index contributed by atoms with van der Waals surface area (Å²) in [4.78, 5) is 0. The highest BCUT2D eigenvalue weighted by Crippen LogP contribution is 2.30. The molecule has 0 nitrogen and oxygen atoms in total. The van der Waals surface area contributed by atoms with Crippen LogP contribution >= 0.6 is 12.6 Å². The van der Waals surface area contributed by atoms with Crippen molar-refractivity contribution in [2.75, 3.05) is 6.26 Å². The Bertz CT molecular complexity index is 974. The largest absolute Gasteiger partial charge is 0.204 e. The van der Waals surface area contributed by atoms with Crippen LogP contribution in [0.1, 0.15) is 86.3 Å². The molecule has 1 aliphatic rings. The van der Waals surface area contributed by atoms with Crippen LogP contribution < -0.4 is 0 Å². The third-order valence-corrected chi connectivity index (χ3v) is 7.04. The second-order valence-corrected chi connectivity index (χ2v) is 9.43. The summed E-state index contributed by atoms with van der Waals surface area (Å²) in [6, 6.07) is 6.34. The predicted molar refractivity (Wildman–Crippen MR) is 149 cm³/mol. The van der Waals surface area contributed by atoms with E-state index in [0.717, 1.165) is 46.6 Å². The summed E-state index contributed by atoms with van der Waals surface area (Å²) in [5.41, 5.74) is 6.79. The van der Waals surface area contributed by atoms with Crippen LogP contribution in [0.5, 0.6) is 0 Å². The van der Waals surface area contributed by atoms with Gasteiger partial charge in [-0.05, 0) is 84.7 Å². The molecule has 0 aromatic heterocycles. The fourth-order valence-electron chi connectivity index (χ4n) is 4.62. The van der Waals surface area contributed by atoms with E-state index in [1.165, 1.54) is 42.9 Å². The second-order valence-electron chi connectivity index (χ2n) is 9.43. The van der Waals surface area contributed by atoms with Crippen molar-refractivity contribution in [2.45, 2.75) is 79.6 Å². The van der Waals surface area contributed by atoms with E-state index in [-0.39, 0.29) is 0 Å². The Morgan fingerprint density at radius 1 is 1.06 bits per heavy atom. The third kappa shape index (κ3) is 8.31. The van der Waals surface area contributed by atoms with Gasteiger partial charge in [-0.3, -0.25) is 0 Å². The van der Waals surface area contributed by atoms with Gasteiger partial charge >= 0.3 is 0 Å². The molecule has 3 rings (SSSR count). The van der Waals surface area contributed by atoms with Crippen molar-refractivity contribution in [3.8, 4) is 12.3 Å². The van der Waals surface area contributed by atoms with Gasteiger partial charge in [0, 0.05) is 12.8 Å². The van der Waals surface area contributed by atoms with Gasteiger partial charge in [-0.2, -0.15) is 12.6 Å². The molecular formula is C31H42F2S. The van der Waals surface area contributed by atoms with Crippen LogP contribution in [0.25, 0.3) is 5.57 Å². The van der Waals surface area contributed by atoms with Crippen molar-refractivity contribution in [3.05, 3.63) is 75.9 Å². The first-order valence-electron chi connectivity index (χ1n) is 12.3. The fraction of sp³-hybridized carbons (Fsp3) is 0.484. The molecule has 0 radical (unpaired) electrons. The van der Waals surface area contributed by atoms with E-state index in [1.807, 2.05) is 19.9 Å². The van der Waals surface area contributed by atoms with Crippen molar-refractivity contribution >= 4 is 18.2 Å². The average Bonchev–Trinajstić information content (AvgIpc) is 2.82. The number of allylic oxidation sites excluding steroid dienone is 1. The summed E-state index contributed by atoms with van der Waals surface area (Å²) in [6.07, 6.45) is 14.8. The van der Waals surface area contributed by atoms with Crippen molar-refractivity contribution < 1.29 is 8.78 Å². The van der Waals surface area contributed by atoms with Crippen molar-refractivity contribution in [2.24, 2.45) is 11.8 Å². The van der Waals surface area contributed by atoms with Crippen LogP contribution in [0.3, 0.4) is 0 Å². The van der Waals surface area contributed by atoms with Crippen LogP contribution in [0.4, 0.5) is 8.78 Å². The first-order valence-corrected chi connectivity index (χ1v) is 13.2. The molecule has 1 fully saturated rings. The van der Waals surface area contributed by atoms with Crippen LogP contribution in [0.15, 0.2) is 30.8 Å². The zero-order valence-electron chi connectivity index (χ0n) is 21.9. The predicted octanol–water partition coefficient (Wildman–Crippen LogP) is 9.15. The normalized spacial score (nSPS) is 16.9. The van der Waals surface area contributed by atoms with E-state index in [0.29, 0.717) is 18.4 Å². The van der Waals surface area contributed by atoms with Gasteiger partial charge < -0.3 is 0 Å². The van der Waals surface area contributed by atoms with E-state index in [4.69, 9.17) is 6.42 Å². The van der Waals surface area contributed by atoms with Gasteiger partial charge in [0.05, 0.1) is 0 Å². The number of hydrogen-bond acceptors (Lipinski definition) is 1. The number of thiol groups is 1. The first kappa shape index (κ1) is 30.0. The maximum Gasteiger partial charge on any atom is 0.162 e. The molecule has 2 aromatic rings. The van der Waals surface area contributed by atoms with Crippen LogP contribution in [-0.2, 0) is 12.8 Å². The number of benzene rings is 2. The molecule has 0 spiro atoms. The van der Waals surface area contributed by atoms with Gasteiger partial charge in [-0.1, -0.05) is 69.9 Å². The Morgan fingerprint density at radius 2 is 1.65 bits per heavy atom. The third-order valence-electron chi connectivity index (χ3n) is 7.04. The molecular weight excluding hydrogens is 442 g/mol. The van der Waals surface area contributed by atoms with Gasteiger partial charge in [0.2, 0.25) is 0 Å². The molecule has 0 N–H and O–H groups in total. The summed E-state index contributed by atoms with van der Waals surface area (Å²) in [5, 5.41) is 0. The number of rotatable bonds is 5. The minimum atomic E-state index is -0.815. The maximum absolute atomic E-state index is 14.0.